The smallest absolute Gasteiger partial charge is 0.343 e. The zero-order chi connectivity index (χ0) is 21.7. The summed E-state index contributed by atoms with van der Waals surface area (Å²) in [6.07, 6.45) is 4.48. The maximum atomic E-state index is 12.7. The van der Waals surface area contributed by atoms with E-state index in [2.05, 4.69) is 4.98 Å². The van der Waals surface area contributed by atoms with E-state index in [4.69, 9.17) is 43.1 Å². The summed E-state index contributed by atoms with van der Waals surface area (Å²) in [5.74, 6) is 0.645. The lowest BCUT2D eigenvalue weighted by molar-refractivity contribution is 0.0693. The highest BCUT2D eigenvalue weighted by Gasteiger charge is 2.16. The Bertz CT molecular complexity index is 1080. The summed E-state index contributed by atoms with van der Waals surface area (Å²) in [4.78, 5) is 16.7. The molecule has 0 aliphatic heterocycles. The molecular weight excluding hydrogens is 427 g/mol. The van der Waals surface area contributed by atoms with Gasteiger partial charge >= 0.3 is 5.97 Å². The number of methoxy groups -OCH3 is 2. The summed E-state index contributed by atoms with van der Waals surface area (Å²) < 4.78 is 16.3. The summed E-state index contributed by atoms with van der Waals surface area (Å²) in [6.45, 7) is 0. The maximum absolute atomic E-state index is 12.7. The topological polar surface area (TPSA) is 83.7 Å². The van der Waals surface area contributed by atoms with Crippen LogP contribution in [0.15, 0.2) is 54.9 Å². The second-order valence-corrected chi connectivity index (χ2v) is 6.92. The van der Waals surface area contributed by atoms with Crippen LogP contribution in [0, 0.1) is 0 Å². The molecule has 3 aromatic rings. The van der Waals surface area contributed by atoms with Gasteiger partial charge in [-0.1, -0.05) is 23.2 Å². The van der Waals surface area contributed by atoms with Crippen LogP contribution in [0.2, 0.25) is 10.0 Å². The predicted molar refractivity (Wildman–Crippen MR) is 118 cm³/mol. The number of carbonyl (C=O) groups is 1. The number of halogens is 2. The number of carbonyl (C=O) groups excluding carboxylic acids is 1. The van der Waals surface area contributed by atoms with Crippen molar-refractivity contribution in [3.63, 3.8) is 0 Å². The highest BCUT2D eigenvalue weighted by molar-refractivity contribution is 6.37. The lowest BCUT2D eigenvalue weighted by Gasteiger charge is -2.13. The minimum Gasteiger partial charge on any atom is -0.493 e. The van der Waals surface area contributed by atoms with Gasteiger partial charge < -0.3 is 19.9 Å². The Labute approximate surface area is 183 Å². The average molecular weight is 445 g/mol. The number of hydrogen-bond acceptors (Lipinski definition) is 6. The molecule has 0 radical (unpaired) electrons. The number of hydrogen-bond donors (Lipinski definition) is 1. The SMILES string of the molecule is COc1ccc(/C(=C/c2c(Cl)cncc2Cl)OC(=O)c2ccc(N)cc2)cc1OC. The molecule has 0 spiro atoms. The van der Waals surface area contributed by atoms with E-state index < -0.39 is 5.97 Å². The van der Waals surface area contributed by atoms with Gasteiger partial charge in [0.2, 0.25) is 0 Å². The number of aromatic nitrogens is 1. The van der Waals surface area contributed by atoms with Crippen LogP contribution in [0.25, 0.3) is 11.8 Å². The standard InChI is InChI=1S/C22H18Cl2N2O4/c1-28-19-8-5-14(9-21(19)29-2)20(10-16-17(23)11-26-12-18(16)24)30-22(27)13-3-6-15(25)7-4-13/h3-12H,25H2,1-2H3/b20-10-. The number of nitrogens with zero attached hydrogens (tertiary/aromatic N) is 1. The third-order valence-corrected chi connectivity index (χ3v) is 4.79. The first-order valence-electron chi connectivity index (χ1n) is 8.73. The molecule has 0 atom stereocenters. The first-order chi connectivity index (χ1) is 14.4. The van der Waals surface area contributed by atoms with Crippen molar-refractivity contribution in [3.8, 4) is 11.5 Å². The molecule has 0 aliphatic rings. The van der Waals surface area contributed by atoms with E-state index in [0.29, 0.717) is 43.9 Å². The van der Waals surface area contributed by atoms with E-state index in [-0.39, 0.29) is 5.76 Å². The highest BCUT2D eigenvalue weighted by atomic mass is 35.5. The number of esters is 1. The Hall–Kier alpha value is -3.22. The molecule has 6 nitrogen and oxygen atoms in total. The van der Waals surface area contributed by atoms with Gasteiger partial charge in [-0.25, -0.2) is 4.79 Å². The van der Waals surface area contributed by atoms with E-state index in [1.807, 2.05) is 0 Å². The quantitative estimate of drug-likeness (QED) is 0.313. The van der Waals surface area contributed by atoms with Gasteiger partial charge in [0.05, 0.1) is 29.8 Å². The van der Waals surface area contributed by atoms with Crippen LogP contribution in [0.3, 0.4) is 0 Å². The molecule has 8 heteroatoms. The van der Waals surface area contributed by atoms with E-state index >= 15 is 0 Å². The normalized spacial score (nSPS) is 11.1. The number of nitrogens with two attached hydrogens (primary N) is 1. The molecule has 0 unspecified atom stereocenters. The second-order valence-electron chi connectivity index (χ2n) is 6.11. The van der Waals surface area contributed by atoms with Gasteiger partial charge in [0.1, 0.15) is 5.76 Å². The highest BCUT2D eigenvalue weighted by Crippen LogP contribution is 2.34. The number of nitrogen functional groups attached to an aromatic ring is 1. The molecule has 1 aromatic heterocycles. The Balaban J connectivity index is 2.08. The van der Waals surface area contributed by atoms with Crippen LogP contribution in [-0.2, 0) is 4.74 Å². The Morgan fingerprint density at radius 1 is 0.933 bits per heavy atom. The van der Waals surface area contributed by atoms with Crippen molar-refractivity contribution in [1.82, 2.24) is 4.98 Å². The number of anilines is 1. The lowest BCUT2D eigenvalue weighted by Crippen LogP contribution is -2.05. The van der Waals surface area contributed by atoms with E-state index in [1.165, 1.54) is 26.6 Å². The van der Waals surface area contributed by atoms with E-state index in [9.17, 15) is 4.79 Å². The Morgan fingerprint density at radius 2 is 1.53 bits per heavy atom. The molecular formula is C22H18Cl2N2O4. The molecule has 154 valence electrons. The summed E-state index contributed by atoms with van der Waals surface area (Å²) in [6, 6.07) is 11.5. The fraction of sp³-hybridized carbons (Fsp3) is 0.0909. The van der Waals surface area contributed by atoms with Gasteiger partial charge in [-0.15, -0.1) is 0 Å². The van der Waals surface area contributed by atoms with Crippen LogP contribution in [0.5, 0.6) is 11.5 Å². The van der Waals surface area contributed by atoms with Crippen molar-refractivity contribution in [2.24, 2.45) is 0 Å². The Kier molecular flexibility index (Phi) is 6.82. The van der Waals surface area contributed by atoms with Crippen LogP contribution < -0.4 is 15.2 Å². The second kappa shape index (κ2) is 9.52. The minimum absolute atomic E-state index is 0.216. The molecule has 1 heterocycles. The lowest BCUT2D eigenvalue weighted by atomic mass is 10.1. The number of benzene rings is 2. The largest absolute Gasteiger partial charge is 0.493 e. The number of pyridine rings is 1. The van der Waals surface area contributed by atoms with Gasteiger partial charge in [-0.2, -0.15) is 0 Å². The number of ether oxygens (including phenoxy) is 3. The average Bonchev–Trinajstić information content (AvgIpc) is 2.75. The van der Waals surface area contributed by atoms with Crippen molar-refractivity contribution in [1.29, 1.82) is 0 Å². The molecule has 30 heavy (non-hydrogen) atoms. The first kappa shape index (κ1) is 21.5. The van der Waals surface area contributed by atoms with Gasteiger partial charge in [0.15, 0.2) is 11.5 Å². The molecule has 0 bridgehead atoms. The maximum Gasteiger partial charge on any atom is 0.343 e. The summed E-state index contributed by atoms with van der Waals surface area (Å²) >= 11 is 12.5. The molecule has 2 N–H and O–H groups in total. The van der Waals surface area contributed by atoms with Crippen LogP contribution in [0.1, 0.15) is 21.5 Å². The third-order valence-electron chi connectivity index (χ3n) is 4.18. The minimum atomic E-state index is -0.572. The molecule has 0 saturated heterocycles. The van der Waals surface area contributed by atoms with Gasteiger partial charge in [-0.3, -0.25) is 4.98 Å². The van der Waals surface area contributed by atoms with Gasteiger partial charge in [0.25, 0.3) is 0 Å². The van der Waals surface area contributed by atoms with Crippen molar-refractivity contribution in [3.05, 3.63) is 81.6 Å². The first-order valence-corrected chi connectivity index (χ1v) is 9.49. The predicted octanol–water partition coefficient (Wildman–Crippen LogP) is 5.34. The zero-order valence-electron chi connectivity index (χ0n) is 16.2. The van der Waals surface area contributed by atoms with Crippen molar-refractivity contribution >= 4 is 46.7 Å². The van der Waals surface area contributed by atoms with E-state index in [1.54, 1.807) is 48.5 Å². The van der Waals surface area contributed by atoms with Crippen LogP contribution in [-0.4, -0.2) is 25.2 Å². The van der Waals surface area contributed by atoms with Crippen molar-refractivity contribution in [2.45, 2.75) is 0 Å². The third kappa shape index (κ3) is 4.84. The number of rotatable bonds is 6. The summed E-state index contributed by atoms with van der Waals surface area (Å²) in [7, 11) is 3.05. The zero-order valence-corrected chi connectivity index (χ0v) is 17.7. The van der Waals surface area contributed by atoms with Crippen molar-refractivity contribution < 1.29 is 19.0 Å². The van der Waals surface area contributed by atoms with Crippen LogP contribution >= 0.6 is 23.2 Å². The monoisotopic (exact) mass is 444 g/mol. The molecule has 0 amide bonds. The molecule has 0 fully saturated rings. The van der Waals surface area contributed by atoms with Gasteiger partial charge in [0, 0.05) is 29.2 Å². The molecule has 0 saturated carbocycles. The fourth-order valence-electron chi connectivity index (χ4n) is 2.63. The van der Waals surface area contributed by atoms with Crippen LogP contribution in [0.4, 0.5) is 5.69 Å². The van der Waals surface area contributed by atoms with Crippen molar-refractivity contribution in [2.75, 3.05) is 20.0 Å². The molecule has 0 aliphatic carbocycles. The molecule has 2 aromatic carbocycles. The Morgan fingerprint density at radius 3 is 2.13 bits per heavy atom. The van der Waals surface area contributed by atoms with Gasteiger partial charge in [-0.05, 0) is 48.5 Å². The molecule has 3 rings (SSSR count). The fourth-order valence-corrected chi connectivity index (χ4v) is 3.10. The van der Waals surface area contributed by atoms with E-state index in [0.717, 1.165) is 0 Å². The summed E-state index contributed by atoms with van der Waals surface area (Å²) in [5, 5.41) is 0.619. The summed E-state index contributed by atoms with van der Waals surface area (Å²) in [5.41, 5.74) is 7.58.